The first-order chi connectivity index (χ1) is 6.02. The van der Waals surface area contributed by atoms with E-state index in [9.17, 15) is 9.00 Å². The van der Waals surface area contributed by atoms with Crippen molar-refractivity contribution in [1.29, 1.82) is 0 Å². The summed E-state index contributed by atoms with van der Waals surface area (Å²) in [6.45, 7) is 5.75. The molecule has 0 saturated heterocycles. The van der Waals surface area contributed by atoms with E-state index in [1.165, 1.54) is 7.11 Å². The Bertz CT molecular complexity index is 191. The van der Waals surface area contributed by atoms with E-state index in [4.69, 9.17) is 0 Å². The predicted octanol–water partition coefficient (Wildman–Crippen LogP) is 1.49. The molecule has 0 saturated carbocycles. The minimum absolute atomic E-state index is 0.109. The second-order valence-electron chi connectivity index (χ2n) is 3.14. The summed E-state index contributed by atoms with van der Waals surface area (Å²) in [4.78, 5) is 10.9. The lowest BCUT2D eigenvalue weighted by atomic mass is 10.3. The highest BCUT2D eigenvalue weighted by atomic mass is 32.2. The largest absolute Gasteiger partial charge is 0.469 e. The molecule has 0 radical (unpaired) electrons. The number of carbonyl (C=O) groups is 1. The summed E-state index contributed by atoms with van der Waals surface area (Å²) < 4.78 is 16.1. The van der Waals surface area contributed by atoms with Crippen LogP contribution in [0, 0.1) is 0 Å². The van der Waals surface area contributed by atoms with Crippen molar-refractivity contribution in [3.05, 3.63) is 0 Å². The summed E-state index contributed by atoms with van der Waals surface area (Å²) in [5, 5.41) is 0.0436. The van der Waals surface area contributed by atoms with Gasteiger partial charge in [0.2, 0.25) is 0 Å². The van der Waals surface area contributed by atoms with Crippen molar-refractivity contribution in [2.75, 3.05) is 7.11 Å². The van der Waals surface area contributed by atoms with Crippen LogP contribution in [-0.4, -0.2) is 27.8 Å². The summed E-state index contributed by atoms with van der Waals surface area (Å²) in [6.07, 6.45) is 1.12. The molecule has 0 aromatic rings. The number of hydrogen-bond donors (Lipinski definition) is 0. The molecule has 0 aliphatic rings. The Labute approximate surface area is 82.3 Å². The van der Waals surface area contributed by atoms with E-state index in [1.54, 1.807) is 0 Å². The molecule has 0 spiro atoms. The van der Waals surface area contributed by atoms with E-state index >= 15 is 0 Å². The monoisotopic (exact) mass is 206 g/mol. The van der Waals surface area contributed by atoms with Gasteiger partial charge in [0.05, 0.1) is 13.5 Å². The Balaban J connectivity index is 4.03. The van der Waals surface area contributed by atoms with Gasteiger partial charge in [-0.1, -0.05) is 20.8 Å². The van der Waals surface area contributed by atoms with E-state index in [-0.39, 0.29) is 22.9 Å². The zero-order chi connectivity index (χ0) is 10.4. The van der Waals surface area contributed by atoms with Crippen LogP contribution in [0.1, 0.15) is 33.6 Å². The van der Waals surface area contributed by atoms with Gasteiger partial charge < -0.3 is 4.74 Å². The molecule has 0 N–H and O–H groups in total. The van der Waals surface area contributed by atoms with Gasteiger partial charge in [0.25, 0.3) is 0 Å². The maximum Gasteiger partial charge on any atom is 0.306 e. The van der Waals surface area contributed by atoms with Crippen molar-refractivity contribution >= 4 is 16.8 Å². The first kappa shape index (κ1) is 12.6. The van der Waals surface area contributed by atoms with Gasteiger partial charge in [0.15, 0.2) is 0 Å². The first-order valence-corrected chi connectivity index (χ1v) is 5.76. The molecule has 0 aromatic heterocycles. The van der Waals surface area contributed by atoms with E-state index in [0.717, 1.165) is 6.42 Å². The molecule has 0 aliphatic heterocycles. The van der Waals surface area contributed by atoms with Gasteiger partial charge in [0, 0.05) is 21.3 Å². The van der Waals surface area contributed by atoms with Gasteiger partial charge in [-0.25, -0.2) is 0 Å². The Morgan fingerprint density at radius 3 is 2.31 bits per heavy atom. The molecular weight excluding hydrogens is 188 g/mol. The minimum atomic E-state index is -0.933. The van der Waals surface area contributed by atoms with Gasteiger partial charge >= 0.3 is 5.97 Å². The average Bonchev–Trinajstić information content (AvgIpc) is 2.14. The Kier molecular flexibility index (Phi) is 5.95. The van der Waals surface area contributed by atoms with Crippen LogP contribution in [0.2, 0.25) is 0 Å². The molecule has 78 valence electrons. The van der Waals surface area contributed by atoms with Crippen LogP contribution >= 0.6 is 0 Å². The topological polar surface area (TPSA) is 43.4 Å². The highest BCUT2D eigenvalue weighted by Gasteiger charge is 2.19. The third kappa shape index (κ3) is 4.41. The Morgan fingerprint density at radius 1 is 1.38 bits per heavy atom. The summed E-state index contributed by atoms with van der Waals surface area (Å²) >= 11 is 0. The van der Waals surface area contributed by atoms with Crippen LogP contribution in [0.5, 0.6) is 0 Å². The molecule has 0 heterocycles. The highest BCUT2D eigenvalue weighted by molar-refractivity contribution is 7.86. The second-order valence-corrected chi connectivity index (χ2v) is 5.40. The highest BCUT2D eigenvalue weighted by Crippen LogP contribution is 2.10. The summed E-state index contributed by atoms with van der Waals surface area (Å²) in [7, 11) is 0.416. The molecule has 0 rings (SSSR count). The number of hydrogen-bond acceptors (Lipinski definition) is 3. The minimum Gasteiger partial charge on any atom is -0.469 e. The molecule has 3 atom stereocenters. The van der Waals surface area contributed by atoms with Crippen molar-refractivity contribution in [3.8, 4) is 0 Å². The van der Waals surface area contributed by atoms with E-state index in [2.05, 4.69) is 4.74 Å². The SMILES string of the molecule is CCC(C)S(=O)C(C)CC(=O)OC. The molecule has 0 aliphatic carbocycles. The van der Waals surface area contributed by atoms with Crippen LogP contribution in [-0.2, 0) is 20.3 Å². The van der Waals surface area contributed by atoms with Crippen molar-refractivity contribution < 1.29 is 13.7 Å². The average molecular weight is 206 g/mol. The van der Waals surface area contributed by atoms with Crippen LogP contribution in [0.4, 0.5) is 0 Å². The maximum absolute atomic E-state index is 11.6. The van der Waals surface area contributed by atoms with Crippen molar-refractivity contribution in [2.45, 2.75) is 44.1 Å². The van der Waals surface area contributed by atoms with Gasteiger partial charge in [-0.3, -0.25) is 9.00 Å². The Morgan fingerprint density at radius 2 is 1.92 bits per heavy atom. The van der Waals surface area contributed by atoms with Gasteiger partial charge in [-0.2, -0.15) is 0 Å². The summed E-state index contributed by atoms with van der Waals surface area (Å²) in [5.41, 5.74) is 0. The molecule has 0 fully saturated rings. The quantitative estimate of drug-likeness (QED) is 0.640. The van der Waals surface area contributed by atoms with E-state index in [1.807, 2.05) is 20.8 Å². The summed E-state index contributed by atoms with van der Waals surface area (Å²) in [6, 6.07) is 0. The number of rotatable bonds is 5. The fourth-order valence-corrected chi connectivity index (χ4v) is 2.38. The molecular formula is C9H18O3S. The third-order valence-corrected chi connectivity index (χ3v) is 4.14. The lowest BCUT2D eigenvalue weighted by Crippen LogP contribution is -2.24. The third-order valence-electron chi connectivity index (χ3n) is 2.05. The number of carbonyl (C=O) groups excluding carboxylic acids is 1. The zero-order valence-electron chi connectivity index (χ0n) is 8.70. The first-order valence-electron chi connectivity index (χ1n) is 4.49. The van der Waals surface area contributed by atoms with Gasteiger partial charge in [-0.05, 0) is 6.42 Å². The van der Waals surface area contributed by atoms with E-state index < -0.39 is 10.8 Å². The normalized spacial score (nSPS) is 17.5. The van der Waals surface area contributed by atoms with E-state index in [0.29, 0.717) is 0 Å². The standard InChI is InChI=1S/C9H18O3S/c1-5-7(2)13(11)8(3)6-9(10)12-4/h7-8H,5-6H2,1-4H3. The zero-order valence-corrected chi connectivity index (χ0v) is 9.52. The van der Waals surface area contributed by atoms with Crippen molar-refractivity contribution in [1.82, 2.24) is 0 Å². The molecule has 0 bridgehead atoms. The number of ether oxygens (including phenoxy) is 1. The van der Waals surface area contributed by atoms with Crippen molar-refractivity contribution in [3.63, 3.8) is 0 Å². The molecule has 13 heavy (non-hydrogen) atoms. The van der Waals surface area contributed by atoms with Crippen molar-refractivity contribution in [2.24, 2.45) is 0 Å². The number of methoxy groups -OCH3 is 1. The maximum atomic E-state index is 11.6. The van der Waals surface area contributed by atoms with Crippen LogP contribution in [0.25, 0.3) is 0 Å². The molecule has 0 aromatic carbocycles. The van der Waals surface area contributed by atoms with Gasteiger partial charge in [0.1, 0.15) is 0 Å². The fraction of sp³-hybridized carbons (Fsp3) is 0.889. The lowest BCUT2D eigenvalue weighted by molar-refractivity contribution is -0.140. The lowest BCUT2D eigenvalue weighted by Gasteiger charge is -2.14. The Hall–Kier alpha value is -0.380. The molecule has 0 amide bonds. The molecule has 4 heteroatoms. The van der Waals surface area contributed by atoms with Crippen LogP contribution < -0.4 is 0 Å². The van der Waals surface area contributed by atoms with Gasteiger partial charge in [-0.15, -0.1) is 0 Å². The van der Waals surface area contributed by atoms with Crippen LogP contribution in [0.15, 0.2) is 0 Å². The molecule has 3 nitrogen and oxygen atoms in total. The predicted molar refractivity (Wildman–Crippen MR) is 54.0 cm³/mol. The fourth-order valence-electron chi connectivity index (χ4n) is 0.961. The molecule has 3 unspecified atom stereocenters. The number of esters is 1. The summed E-state index contributed by atoms with van der Waals surface area (Å²) in [5.74, 6) is -0.288. The smallest absolute Gasteiger partial charge is 0.306 e. The second kappa shape index (κ2) is 6.13. The van der Waals surface area contributed by atoms with Crippen LogP contribution in [0.3, 0.4) is 0 Å².